The molecular formula is C14H21NO2S. The summed E-state index contributed by atoms with van der Waals surface area (Å²) in [4.78, 5) is 0.513. The number of aryl methyl sites for hydroxylation is 2. The summed E-state index contributed by atoms with van der Waals surface area (Å²) in [5, 5.41) is 3.35. The highest BCUT2D eigenvalue weighted by molar-refractivity contribution is 7.90. The molecule has 1 N–H and O–H groups in total. The maximum atomic E-state index is 11.9. The van der Waals surface area contributed by atoms with Crippen LogP contribution < -0.4 is 5.32 Å². The zero-order valence-corrected chi connectivity index (χ0v) is 12.1. The lowest BCUT2D eigenvalue weighted by molar-refractivity contribution is 0.456. The molecular weight excluding hydrogens is 246 g/mol. The van der Waals surface area contributed by atoms with E-state index >= 15 is 0 Å². The van der Waals surface area contributed by atoms with Crippen LogP contribution in [0.4, 0.5) is 0 Å². The molecule has 0 bridgehead atoms. The van der Waals surface area contributed by atoms with Crippen molar-refractivity contribution in [3.05, 3.63) is 28.8 Å². The molecule has 4 heteroatoms. The Kier molecular flexibility index (Phi) is 3.78. The second-order valence-corrected chi connectivity index (χ2v) is 7.27. The third kappa shape index (κ3) is 2.75. The predicted molar refractivity (Wildman–Crippen MR) is 73.9 cm³/mol. The standard InChI is InChI=1S/C14H21NO2S/c1-10-7-13(12-5-4-6-15-9-12)14(8-11(10)2)18(3,16)17/h7-8,12,15H,4-6,9H2,1-3H3. The van der Waals surface area contributed by atoms with Crippen molar-refractivity contribution in [2.24, 2.45) is 0 Å². The van der Waals surface area contributed by atoms with Crippen molar-refractivity contribution >= 4 is 9.84 Å². The van der Waals surface area contributed by atoms with Crippen molar-refractivity contribution in [1.82, 2.24) is 5.32 Å². The van der Waals surface area contributed by atoms with Crippen LogP contribution in [0.1, 0.15) is 35.4 Å². The minimum Gasteiger partial charge on any atom is -0.316 e. The summed E-state index contributed by atoms with van der Waals surface area (Å²) in [5.74, 6) is 0.322. The molecule has 3 nitrogen and oxygen atoms in total. The van der Waals surface area contributed by atoms with Gasteiger partial charge < -0.3 is 5.32 Å². The molecule has 1 aliphatic heterocycles. The van der Waals surface area contributed by atoms with Crippen LogP contribution in [0.5, 0.6) is 0 Å². The Labute approximate surface area is 110 Å². The van der Waals surface area contributed by atoms with Crippen LogP contribution in [-0.2, 0) is 9.84 Å². The van der Waals surface area contributed by atoms with Gasteiger partial charge in [0.25, 0.3) is 0 Å². The Morgan fingerprint density at radius 1 is 1.22 bits per heavy atom. The first-order valence-electron chi connectivity index (χ1n) is 6.41. The number of nitrogens with one attached hydrogen (secondary N) is 1. The smallest absolute Gasteiger partial charge is 0.175 e. The maximum absolute atomic E-state index is 11.9. The summed E-state index contributed by atoms with van der Waals surface area (Å²) in [6.45, 7) is 5.93. The number of sulfone groups is 1. The predicted octanol–water partition coefficient (Wildman–Crippen LogP) is 2.17. The minimum atomic E-state index is -3.15. The van der Waals surface area contributed by atoms with Gasteiger partial charge in [0.15, 0.2) is 9.84 Å². The van der Waals surface area contributed by atoms with Gasteiger partial charge in [0.1, 0.15) is 0 Å². The molecule has 1 heterocycles. The van der Waals surface area contributed by atoms with E-state index in [0.29, 0.717) is 10.8 Å². The van der Waals surface area contributed by atoms with Crippen LogP contribution in [-0.4, -0.2) is 27.8 Å². The van der Waals surface area contributed by atoms with Crippen LogP contribution in [0.25, 0.3) is 0 Å². The van der Waals surface area contributed by atoms with Gasteiger partial charge in [-0.1, -0.05) is 6.07 Å². The maximum Gasteiger partial charge on any atom is 0.175 e. The Balaban J connectivity index is 2.53. The summed E-state index contributed by atoms with van der Waals surface area (Å²) in [7, 11) is -3.15. The Morgan fingerprint density at radius 2 is 1.89 bits per heavy atom. The molecule has 0 amide bonds. The molecule has 100 valence electrons. The lowest BCUT2D eigenvalue weighted by Gasteiger charge is -2.25. The van der Waals surface area contributed by atoms with E-state index in [2.05, 4.69) is 11.4 Å². The lowest BCUT2D eigenvalue weighted by atomic mass is 9.90. The summed E-state index contributed by atoms with van der Waals surface area (Å²) in [5.41, 5.74) is 3.21. The number of hydrogen-bond donors (Lipinski definition) is 1. The zero-order chi connectivity index (χ0) is 13.3. The van der Waals surface area contributed by atoms with Gasteiger partial charge in [-0.2, -0.15) is 0 Å². The van der Waals surface area contributed by atoms with E-state index in [9.17, 15) is 8.42 Å². The van der Waals surface area contributed by atoms with Crippen LogP contribution in [0, 0.1) is 13.8 Å². The Bertz CT molecular complexity index is 543. The second-order valence-electron chi connectivity index (χ2n) is 5.29. The molecule has 2 rings (SSSR count). The zero-order valence-electron chi connectivity index (χ0n) is 11.3. The lowest BCUT2D eigenvalue weighted by Crippen LogP contribution is -2.29. The summed E-state index contributed by atoms with van der Waals surface area (Å²) >= 11 is 0. The van der Waals surface area contributed by atoms with Crippen LogP contribution in [0.15, 0.2) is 17.0 Å². The fraction of sp³-hybridized carbons (Fsp3) is 0.571. The third-order valence-corrected chi connectivity index (χ3v) is 4.91. The van der Waals surface area contributed by atoms with Crippen LogP contribution >= 0.6 is 0 Å². The first kappa shape index (κ1) is 13.6. The summed E-state index contributed by atoms with van der Waals surface area (Å²) in [6.07, 6.45) is 3.48. The number of rotatable bonds is 2. The summed E-state index contributed by atoms with van der Waals surface area (Å²) < 4.78 is 23.9. The molecule has 1 atom stereocenters. The van der Waals surface area contributed by atoms with E-state index in [0.717, 1.165) is 37.1 Å². The molecule has 18 heavy (non-hydrogen) atoms. The van der Waals surface area contributed by atoms with Gasteiger partial charge in [0.05, 0.1) is 4.90 Å². The number of hydrogen-bond acceptors (Lipinski definition) is 3. The average Bonchev–Trinajstić information content (AvgIpc) is 2.32. The first-order valence-corrected chi connectivity index (χ1v) is 8.30. The van der Waals surface area contributed by atoms with E-state index in [-0.39, 0.29) is 0 Å². The molecule has 0 radical (unpaired) electrons. The molecule has 0 spiro atoms. The van der Waals surface area contributed by atoms with Gasteiger partial charge in [0.2, 0.25) is 0 Å². The van der Waals surface area contributed by atoms with Crippen molar-refractivity contribution < 1.29 is 8.42 Å². The topological polar surface area (TPSA) is 46.2 Å². The fourth-order valence-corrected chi connectivity index (χ4v) is 3.61. The molecule has 1 aromatic carbocycles. The number of piperidine rings is 1. The molecule has 1 fully saturated rings. The molecule has 0 saturated carbocycles. The van der Waals surface area contributed by atoms with Crippen molar-refractivity contribution in [3.8, 4) is 0 Å². The van der Waals surface area contributed by atoms with Crippen molar-refractivity contribution in [3.63, 3.8) is 0 Å². The largest absolute Gasteiger partial charge is 0.316 e. The first-order chi connectivity index (χ1) is 8.39. The van der Waals surface area contributed by atoms with Crippen LogP contribution in [0.3, 0.4) is 0 Å². The van der Waals surface area contributed by atoms with Crippen molar-refractivity contribution in [2.45, 2.75) is 37.5 Å². The summed E-state index contributed by atoms with van der Waals surface area (Å²) in [6, 6.07) is 3.89. The van der Waals surface area contributed by atoms with E-state index < -0.39 is 9.84 Å². The highest BCUT2D eigenvalue weighted by Crippen LogP contribution is 2.31. The van der Waals surface area contributed by atoms with Gasteiger partial charge in [-0.3, -0.25) is 0 Å². The van der Waals surface area contributed by atoms with Gasteiger partial charge in [-0.15, -0.1) is 0 Å². The number of benzene rings is 1. The molecule has 1 unspecified atom stereocenters. The monoisotopic (exact) mass is 267 g/mol. The highest BCUT2D eigenvalue weighted by Gasteiger charge is 2.23. The molecule has 1 saturated heterocycles. The average molecular weight is 267 g/mol. The molecule has 1 aromatic rings. The van der Waals surface area contributed by atoms with E-state index in [1.165, 1.54) is 11.8 Å². The highest BCUT2D eigenvalue weighted by atomic mass is 32.2. The minimum absolute atomic E-state index is 0.322. The van der Waals surface area contributed by atoms with Gasteiger partial charge >= 0.3 is 0 Å². The van der Waals surface area contributed by atoms with Gasteiger partial charge in [-0.25, -0.2) is 8.42 Å². The van der Waals surface area contributed by atoms with E-state index in [1.54, 1.807) is 0 Å². The molecule has 0 aliphatic carbocycles. The normalized spacial score (nSPS) is 20.9. The Hall–Kier alpha value is -0.870. The van der Waals surface area contributed by atoms with Crippen molar-refractivity contribution in [1.29, 1.82) is 0 Å². The SMILES string of the molecule is Cc1cc(C2CCCNC2)c(S(C)(=O)=O)cc1C. The van der Waals surface area contributed by atoms with E-state index in [1.807, 2.05) is 19.9 Å². The molecule has 0 aromatic heterocycles. The van der Waals surface area contributed by atoms with Crippen molar-refractivity contribution in [2.75, 3.05) is 19.3 Å². The fourth-order valence-electron chi connectivity index (χ4n) is 2.57. The van der Waals surface area contributed by atoms with E-state index in [4.69, 9.17) is 0 Å². The Morgan fingerprint density at radius 3 is 2.44 bits per heavy atom. The van der Waals surface area contributed by atoms with Gasteiger partial charge in [-0.05, 0) is 61.9 Å². The third-order valence-electron chi connectivity index (χ3n) is 3.76. The second kappa shape index (κ2) is 5.02. The molecule has 1 aliphatic rings. The van der Waals surface area contributed by atoms with Crippen LogP contribution in [0.2, 0.25) is 0 Å². The van der Waals surface area contributed by atoms with Gasteiger partial charge in [0, 0.05) is 12.8 Å². The quantitative estimate of drug-likeness (QED) is 0.893.